The molecule has 4 N–H and O–H groups in total. The van der Waals surface area contributed by atoms with E-state index in [1.54, 1.807) is 0 Å². The number of carbonyl (C=O) groups excluding carboxylic acids is 1. The van der Waals surface area contributed by atoms with E-state index in [0.717, 1.165) is 19.1 Å². The molecule has 0 aromatic heterocycles. The summed E-state index contributed by atoms with van der Waals surface area (Å²) < 4.78 is 0. The quantitative estimate of drug-likeness (QED) is 0.269. The number of aldehydes is 1. The van der Waals surface area contributed by atoms with Crippen LogP contribution in [0.3, 0.4) is 0 Å². The average Bonchev–Trinajstić information content (AvgIpc) is 1.98. The van der Waals surface area contributed by atoms with Crippen molar-refractivity contribution in [2.24, 2.45) is 21.9 Å². The minimum absolute atomic E-state index is 0.110. The highest BCUT2D eigenvalue weighted by Gasteiger charge is 2.14. The van der Waals surface area contributed by atoms with Crippen LogP contribution in [0.25, 0.3) is 0 Å². The number of guanidine groups is 1. The number of carbonyl (C=O) groups is 1. The highest BCUT2D eigenvalue weighted by molar-refractivity contribution is 5.75. The van der Waals surface area contributed by atoms with Gasteiger partial charge in [0.15, 0.2) is 5.96 Å². The third kappa shape index (κ3) is 5.70. The number of hydrogen-bond acceptors (Lipinski definition) is 2. The molecule has 0 aliphatic carbocycles. The average molecular weight is 171 g/mol. The summed E-state index contributed by atoms with van der Waals surface area (Å²) in [7, 11) is 0. The molecule has 4 nitrogen and oxygen atoms in total. The van der Waals surface area contributed by atoms with Gasteiger partial charge in [0.1, 0.15) is 6.29 Å². The summed E-state index contributed by atoms with van der Waals surface area (Å²) in [5, 5.41) is 0. The Kier molecular flexibility index (Phi) is 4.33. The molecule has 0 aliphatic rings. The van der Waals surface area contributed by atoms with Gasteiger partial charge in [0.05, 0.1) is 0 Å². The molecule has 0 unspecified atom stereocenters. The lowest BCUT2D eigenvalue weighted by atomic mass is 9.90. The van der Waals surface area contributed by atoms with Crippen LogP contribution in [0.2, 0.25) is 0 Å². The number of hydrogen-bond donors (Lipinski definition) is 2. The van der Waals surface area contributed by atoms with E-state index in [1.807, 2.05) is 13.8 Å². The van der Waals surface area contributed by atoms with Crippen LogP contribution in [-0.2, 0) is 4.79 Å². The summed E-state index contributed by atoms with van der Waals surface area (Å²) in [5.41, 5.74) is 10.0. The minimum atomic E-state index is -0.251. The van der Waals surface area contributed by atoms with Gasteiger partial charge in [0.25, 0.3) is 0 Å². The number of aliphatic imine (C=N–C) groups is 1. The Balaban J connectivity index is 3.57. The molecule has 4 heteroatoms. The Morgan fingerprint density at radius 1 is 1.50 bits per heavy atom. The van der Waals surface area contributed by atoms with Crippen LogP contribution in [-0.4, -0.2) is 18.8 Å². The molecule has 0 radical (unpaired) electrons. The van der Waals surface area contributed by atoms with Gasteiger partial charge >= 0.3 is 0 Å². The van der Waals surface area contributed by atoms with Gasteiger partial charge in [0, 0.05) is 12.0 Å². The summed E-state index contributed by atoms with van der Waals surface area (Å²) in [6.07, 6.45) is 2.61. The van der Waals surface area contributed by atoms with Gasteiger partial charge < -0.3 is 16.3 Å². The number of nitrogens with zero attached hydrogens (tertiary/aromatic N) is 1. The predicted octanol–water partition coefficient (Wildman–Crippen LogP) is 0.265. The van der Waals surface area contributed by atoms with Crippen molar-refractivity contribution in [3.63, 3.8) is 0 Å². The van der Waals surface area contributed by atoms with E-state index in [-0.39, 0.29) is 11.4 Å². The van der Waals surface area contributed by atoms with E-state index in [9.17, 15) is 4.79 Å². The highest BCUT2D eigenvalue weighted by atomic mass is 16.1. The normalized spacial score (nSPS) is 10.8. The van der Waals surface area contributed by atoms with E-state index in [1.165, 1.54) is 0 Å². The lowest BCUT2D eigenvalue weighted by molar-refractivity contribution is -0.115. The van der Waals surface area contributed by atoms with Gasteiger partial charge in [0.2, 0.25) is 0 Å². The molecule has 0 rings (SSSR count). The number of rotatable bonds is 5. The van der Waals surface area contributed by atoms with Crippen LogP contribution in [0.4, 0.5) is 0 Å². The van der Waals surface area contributed by atoms with Gasteiger partial charge in [-0.2, -0.15) is 0 Å². The molecule has 0 saturated heterocycles. The second-order valence-corrected chi connectivity index (χ2v) is 3.52. The van der Waals surface area contributed by atoms with Gasteiger partial charge in [-0.05, 0) is 12.8 Å². The zero-order chi connectivity index (χ0) is 9.61. The molecule has 0 saturated carbocycles. The van der Waals surface area contributed by atoms with Gasteiger partial charge in [-0.3, -0.25) is 4.99 Å². The van der Waals surface area contributed by atoms with Crippen molar-refractivity contribution in [3.05, 3.63) is 0 Å². The summed E-state index contributed by atoms with van der Waals surface area (Å²) in [5.74, 6) is 0.110. The van der Waals surface area contributed by atoms with E-state index >= 15 is 0 Å². The first kappa shape index (κ1) is 10.9. The van der Waals surface area contributed by atoms with Gasteiger partial charge in [-0.25, -0.2) is 0 Å². The fraction of sp³-hybridized carbons (Fsp3) is 0.750. The Labute approximate surface area is 73.0 Å². The van der Waals surface area contributed by atoms with Crippen molar-refractivity contribution < 1.29 is 4.79 Å². The fourth-order valence-electron chi connectivity index (χ4n) is 0.802. The summed E-state index contributed by atoms with van der Waals surface area (Å²) in [6.45, 7) is 4.39. The highest BCUT2D eigenvalue weighted by Crippen LogP contribution is 2.18. The van der Waals surface area contributed by atoms with Crippen LogP contribution in [0.1, 0.15) is 26.7 Å². The van der Waals surface area contributed by atoms with Crippen molar-refractivity contribution in [1.29, 1.82) is 0 Å². The maximum absolute atomic E-state index is 10.5. The van der Waals surface area contributed by atoms with Crippen LogP contribution >= 0.6 is 0 Å². The van der Waals surface area contributed by atoms with Crippen molar-refractivity contribution in [3.8, 4) is 0 Å². The van der Waals surface area contributed by atoms with Gasteiger partial charge in [-0.15, -0.1) is 0 Å². The summed E-state index contributed by atoms with van der Waals surface area (Å²) >= 11 is 0. The monoisotopic (exact) mass is 171 g/mol. The van der Waals surface area contributed by atoms with Gasteiger partial charge in [-0.1, -0.05) is 13.8 Å². The molecular formula is C8H17N3O. The molecule has 0 aliphatic heterocycles. The molecule has 0 aromatic rings. The molecule has 0 spiro atoms. The molecule has 0 amide bonds. The first-order valence-electron chi connectivity index (χ1n) is 4.00. The van der Waals surface area contributed by atoms with E-state index in [0.29, 0.717) is 6.54 Å². The molecule has 0 aromatic carbocycles. The number of nitrogens with two attached hydrogens (primary N) is 2. The molecule has 0 fully saturated rings. The van der Waals surface area contributed by atoms with Crippen LogP contribution in [0.15, 0.2) is 4.99 Å². The second-order valence-electron chi connectivity index (χ2n) is 3.52. The van der Waals surface area contributed by atoms with E-state index in [2.05, 4.69) is 4.99 Å². The van der Waals surface area contributed by atoms with Crippen molar-refractivity contribution >= 4 is 12.2 Å². The lowest BCUT2D eigenvalue weighted by Crippen LogP contribution is -2.23. The Morgan fingerprint density at radius 3 is 2.50 bits per heavy atom. The summed E-state index contributed by atoms with van der Waals surface area (Å²) in [4.78, 5) is 14.3. The largest absolute Gasteiger partial charge is 0.370 e. The topological polar surface area (TPSA) is 81.5 Å². The Hall–Kier alpha value is -1.06. The molecule has 0 heterocycles. The third-order valence-electron chi connectivity index (χ3n) is 1.59. The molecular weight excluding hydrogens is 154 g/mol. The maximum atomic E-state index is 10.5. The fourth-order valence-corrected chi connectivity index (χ4v) is 0.802. The van der Waals surface area contributed by atoms with Crippen LogP contribution in [0, 0.1) is 5.41 Å². The maximum Gasteiger partial charge on any atom is 0.185 e. The standard InChI is InChI=1S/C8H17N3O/c1-8(2,6-12)4-3-5-11-7(9)10/h6H,3-5H2,1-2H3,(H4,9,10,11). The minimum Gasteiger partial charge on any atom is -0.370 e. The third-order valence-corrected chi connectivity index (χ3v) is 1.59. The first-order valence-corrected chi connectivity index (χ1v) is 4.00. The Bertz CT molecular complexity index is 171. The SMILES string of the molecule is CC(C)(C=O)CCCN=C(N)N. The smallest absolute Gasteiger partial charge is 0.185 e. The van der Waals surface area contributed by atoms with Crippen molar-refractivity contribution in [1.82, 2.24) is 0 Å². The molecule has 0 bridgehead atoms. The van der Waals surface area contributed by atoms with Crippen LogP contribution < -0.4 is 11.5 Å². The van der Waals surface area contributed by atoms with Crippen molar-refractivity contribution in [2.45, 2.75) is 26.7 Å². The molecule has 12 heavy (non-hydrogen) atoms. The van der Waals surface area contributed by atoms with E-state index < -0.39 is 0 Å². The lowest BCUT2D eigenvalue weighted by Gasteiger charge is -2.14. The molecule has 70 valence electrons. The van der Waals surface area contributed by atoms with Crippen LogP contribution in [0.5, 0.6) is 0 Å². The van der Waals surface area contributed by atoms with Crippen molar-refractivity contribution in [2.75, 3.05) is 6.54 Å². The zero-order valence-electron chi connectivity index (χ0n) is 7.71. The predicted molar refractivity (Wildman–Crippen MR) is 49.8 cm³/mol. The second kappa shape index (κ2) is 4.74. The first-order chi connectivity index (χ1) is 5.48. The Morgan fingerprint density at radius 2 is 2.08 bits per heavy atom. The summed E-state index contributed by atoms with van der Waals surface area (Å²) in [6, 6.07) is 0. The zero-order valence-corrected chi connectivity index (χ0v) is 7.71. The molecule has 0 atom stereocenters. The van der Waals surface area contributed by atoms with E-state index in [4.69, 9.17) is 11.5 Å².